The van der Waals surface area contributed by atoms with E-state index in [1.807, 2.05) is 16.0 Å². The van der Waals surface area contributed by atoms with E-state index >= 15 is 0 Å². The van der Waals surface area contributed by atoms with E-state index in [9.17, 15) is 9.59 Å². The maximum absolute atomic E-state index is 9.72. The molecule has 0 aliphatic heterocycles. The average Bonchev–Trinajstić information content (AvgIpc) is 1.83. The Morgan fingerprint density at radius 1 is 1.43 bits per heavy atom. The number of nitrogens with two attached hydrogens (primary N) is 1. The van der Waals surface area contributed by atoms with E-state index in [4.69, 9.17) is 20.7 Å². The van der Waals surface area contributed by atoms with Gasteiger partial charge in [-0.3, -0.25) is 4.79 Å². The molecule has 0 rings (SSSR count). The number of aliphatic hydroxyl groups excluding tert-OH is 1. The second-order valence-corrected chi connectivity index (χ2v) is 2.85. The summed E-state index contributed by atoms with van der Waals surface area (Å²) in [7, 11) is 0. The number of halogens is 1. The molecule has 0 bridgehead atoms. The van der Waals surface area contributed by atoms with Crippen LogP contribution in [0.15, 0.2) is 0 Å². The van der Waals surface area contributed by atoms with Crippen LogP contribution in [-0.4, -0.2) is 54.1 Å². The molecule has 7 nitrogen and oxygen atoms in total. The Morgan fingerprint density at radius 3 is 1.79 bits per heavy atom. The number of nitrogens with one attached hydrogen (secondary N) is 1. The van der Waals surface area contributed by atoms with Crippen molar-refractivity contribution in [3.8, 4) is 0 Å². The number of carboxylic acid groups (broad SMARTS) is 2. The van der Waals surface area contributed by atoms with Crippen molar-refractivity contribution < 1.29 is 24.9 Å². The average molecular weight is 338 g/mol. The summed E-state index contributed by atoms with van der Waals surface area (Å²) in [5, 5.41) is 30.4. The number of hydrogen-bond acceptors (Lipinski definition) is 4. The second-order valence-electron chi connectivity index (χ2n) is 1.84. The Kier molecular flexibility index (Phi) is 14.2. The number of rotatable bonds is 3. The Bertz CT molecular complexity index is 208. The number of aliphatic carboxylic acids is 2. The Morgan fingerprint density at radius 2 is 1.71 bits per heavy atom. The maximum atomic E-state index is 9.72. The Labute approximate surface area is 98.4 Å². The number of aliphatic hydroxyl groups is 1. The van der Waals surface area contributed by atoms with Gasteiger partial charge in [0.05, 0.1) is 6.42 Å². The van der Waals surface area contributed by atoms with Crippen LogP contribution in [0.4, 0.5) is 0 Å². The summed E-state index contributed by atoms with van der Waals surface area (Å²) in [6.45, 7) is 0. The molecule has 0 radical (unpaired) electrons. The predicted molar refractivity (Wildman–Crippen MR) is 55.3 cm³/mol. The number of carboxylic acids is 2. The molecule has 0 aromatic carbocycles. The number of amidine groups is 1. The van der Waals surface area contributed by atoms with Gasteiger partial charge in [-0.05, 0) is 0 Å². The summed E-state index contributed by atoms with van der Waals surface area (Å²) in [6.07, 6.45) is -2.54. The van der Waals surface area contributed by atoms with E-state index in [0.29, 0.717) is 0 Å². The summed E-state index contributed by atoms with van der Waals surface area (Å²) in [4.78, 5) is 19.4. The van der Waals surface area contributed by atoms with E-state index in [0.717, 1.165) is 0 Å². The molecule has 1 atom stereocenters. The molecule has 1 unspecified atom stereocenters. The topological polar surface area (TPSA) is 145 Å². The van der Waals surface area contributed by atoms with Crippen molar-refractivity contribution in [1.82, 2.24) is 0 Å². The molecule has 0 spiro atoms. The van der Waals surface area contributed by atoms with Gasteiger partial charge in [0.25, 0.3) is 0 Å². The first-order chi connectivity index (χ1) is 5.77. The molecule has 0 saturated heterocycles. The molecule has 0 fully saturated rings. The Hall–Kier alpha value is -0.631. The molecule has 0 aromatic rings. The molecule has 6 N–H and O–H groups in total. The SMILES string of the molecule is Br.N=C(N)[SeH].O=C(O)CC(O)C(=O)O. The van der Waals surface area contributed by atoms with Crippen LogP contribution in [0.1, 0.15) is 6.42 Å². The van der Waals surface area contributed by atoms with E-state index in [2.05, 4.69) is 5.73 Å². The minimum atomic E-state index is -1.79. The van der Waals surface area contributed by atoms with Crippen molar-refractivity contribution in [3.63, 3.8) is 0 Å². The van der Waals surface area contributed by atoms with Gasteiger partial charge in [0.1, 0.15) is 0 Å². The van der Waals surface area contributed by atoms with Gasteiger partial charge in [-0.25, -0.2) is 4.79 Å². The fraction of sp³-hybridized carbons (Fsp3) is 0.400. The molecule has 0 heterocycles. The van der Waals surface area contributed by atoms with E-state index in [1.165, 1.54) is 0 Å². The molecular weight excluding hydrogens is 327 g/mol. The van der Waals surface area contributed by atoms with Crippen molar-refractivity contribution in [2.24, 2.45) is 5.73 Å². The summed E-state index contributed by atoms with van der Waals surface area (Å²) >= 11 is 1.90. The van der Waals surface area contributed by atoms with E-state index < -0.39 is 24.5 Å². The molecule has 0 aliphatic rings. The van der Waals surface area contributed by atoms with Crippen LogP contribution in [0.5, 0.6) is 0 Å². The molecule has 0 saturated carbocycles. The van der Waals surface area contributed by atoms with Gasteiger partial charge in [0, 0.05) is 0 Å². The van der Waals surface area contributed by atoms with E-state index in [-0.39, 0.29) is 21.7 Å². The first kappa shape index (κ1) is 19.0. The number of carbonyl (C=O) groups is 2. The fourth-order valence-corrected chi connectivity index (χ4v) is 0.253. The standard InChI is InChI=1S/C4H6O5.CH4N2Se.BrH/c5-2(4(8)9)1-3(6)7;2-1(3)4;/h2,5H,1H2,(H,6,7)(H,8,9);(H4,2,3,4);1H. The normalized spacial score (nSPS) is 9.86. The fourth-order valence-electron chi connectivity index (χ4n) is 0.253. The van der Waals surface area contributed by atoms with Crippen LogP contribution in [0.25, 0.3) is 0 Å². The quantitative estimate of drug-likeness (QED) is 0.235. The van der Waals surface area contributed by atoms with Crippen molar-refractivity contribution in [2.45, 2.75) is 12.5 Å². The van der Waals surface area contributed by atoms with Gasteiger partial charge in [-0.2, -0.15) is 0 Å². The zero-order chi connectivity index (χ0) is 11.0. The third kappa shape index (κ3) is 22.5. The van der Waals surface area contributed by atoms with Gasteiger partial charge in [0.15, 0.2) is 6.10 Å². The molecular formula is C5H11BrN2O5Se. The third-order valence-electron chi connectivity index (χ3n) is 0.653. The molecule has 14 heavy (non-hydrogen) atoms. The molecule has 0 amide bonds. The molecule has 0 aromatic heterocycles. The molecule has 84 valence electrons. The van der Waals surface area contributed by atoms with Crippen LogP contribution in [0.2, 0.25) is 0 Å². The van der Waals surface area contributed by atoms with Crippen molar-refractivity contribution >= 4 is 49.7 Å². The van der Waals surface area contributed by atoms with Crippen LogP contribution in [-0.2, 0) is 9.59 Å². The van der Waals surface area contributed by atoms with Gasteiger partial charge in [0.2, 0.25) is 0 Å². The largest absolute Gasteiger partial charge is 0.481 e. The summed E-state index contributed by atoms with van der Waals surface area (Å²) < 4.78 is 0.104. The summed E-state index contributed by atoms with van der Waals surface area (Å²) in [5.41, 5.74) is 4.67. The van der Waals surface area contributed by atoms with Crippen molar-refractivity contribution in [3.05, 3.63) is 0 Å². The van der Waals surface area contributed by atoms with Crippen LogP contribution >= 0.6 is 17.0 Å². The van der Waals surface area contributed by atoms with Crippen molar-refractivity contribution in [1.29, 1.82) is 5.41 Å². The predicted octanol–water partition coefficient (Wildman–Crippen LogP) is -1.73. The Balaban J connectivity index is -0.000000209. The second kappa shape index (κ2) is 10.5. The zero-order valence-electron chi connectivity index (χ0n) is 6.88. The number of hydrogen-bond donors (Lipinski definition) is 5. The van der Waals surface area contributed by atoms with Gasteiger partial charge < -0.3 is 15.3 Å². The summed E-state index contributed by atoms with van der Waals surface area (Å²) in [5.74, 6) is -2.85. The van der Waals surface area contributed by atoms with Gasteiger partial charge in [-0.15, -0.1) is 17.0 Å². The van der Waals surface area contributed by atoms with Crippen LogP contribution in [0, 0.1) is 5.41 Å². The van der Waals surface area contributed by atoms with Crippen LogP contribution < -0.4 is 5.73 Å². The minimum Gasteiger partial charge on any atom is -0.481 e. The molecule has 0 aliphatic carbocycles. The van der Waals surface area contributed by atoms with Crippen molar-refractivity contribution in [2.75, 3.05) is 0 Å². The minimum absolute atomic E-state index is 0. The smallest absolute Gasteiger partial charge is 0.333 e. The molecule has 9 heteroatoms. The van der Waals surface area contributed by atoms with E-state index in [1.54, 1.807) is 0 Å². The maximum Gasteiger partial charge on any atom is 0.333 e. The first-order valence-electron chi connectivity index (χ1n) is 2.93. The first-order valence-corrected chi connectivity index (χ1v) is 3.86. The summed E-state index contributed by atoms with van der Waals surface area (Å²) in [6, 6.07) is 0. The zero-order valence-corrected chi connectivity index (χ0v) is 10.5. The van der Waals surface area contributed by atoms with Crippen LogP contribution in [0.3, 0.4) is 0 Å². The van der Waals surface area contributed by atoms with Gasteiger partial charge in [-0.1, -0.05) is 0 Å². The third-order valence-corrected chi connectivity index (χ3v) is 0.653. The monoisotopic (exact) mass is 338 g/mol. The van der Waals surface area contributed by atoms with Gasteiger partial charge >= 0.3 is 43.8 Å².